The number of nitrogens with one attached hydrogen (secondary N) is 2. The topological polar surface area (TPSA) is 61.4 Å². The molecule has 0 aromatic heterocycles. The zero-order chi connectivity index (χ0) is 10.5. The molecular formula is C7H19N3O2S. The van der Waals surface area contributed by atoms with Crippen LogP contribution in [0, 0.1) is 0 Å². The number of hydrogen-bond donors (Lipinski definition) is 2. The van der Waals surface area contributed by atoms with Crippen molar-refractivity contribution in [2.45, 2.75) is 19.9 Å². The Morgan fingerprint density at radius 3 is 2.31 bits per heavy atom. The first-order chi connectivity index (χ1) is 5.90. The molecule has 2 N–H and O–H groups in total. The van der Waals surface area contributed by atoms with Crippen LogP contribution in [0.4, 0.5) is 0 Å². The fourth-order valence-electron chi connectivity index (χ4n) is 0.780. The first-order valence-electron chi connectivity index (χ1n) is 4.30. The van der Waals surface area contributed by atoms with Crippen molar-refractivity contribution < 1.29 is 8.42 Å². The maximum atomic E-state index is 11.2. The molecule has 0 fully saturated rings. The minimum Gasteiger partial charge on any atom is -0.313 e. The Morgan fingerprint density at radius 1 is 1.38 bits per heavy atom. The highest BCUT2D eigenvalue weighted by atomic mass is 32.2. The number of hydrogen-bond acceptors (Lipinski definition) is 3. The minimum atomic E-state index is -3.27. The molecule has 0 aliphatic carbocycles. The maximum absolute atomic E-state index is 11.2. The fourth-order valence-corrected chi connectivity index (χ4v) is 1.50. The molecule has 0 aliphatic rings. The Balaban J connectivity index is 3.89. The molecular weight excluding hydrogens is 190 g/mol. The molecule has 13 heavy (non-hydrogen) atoms. The van der Waals surface area contributed by atoms with Crippen LogP contribution >= 0.6 is 0 Å². The average molecular weight is 209 g/mol. The highest BCUT2D eigenvalue weighted by Gasteiger charge is 2.13. The van der Waals surface area contributed by atoms with E-state index in [0.29, 0.717) is 6.54 Å². The van der Waals surface area contributed by atoms with Gasteiger partial charge in [0.25, 0.3) is 10.2 Å². The molecule has 0 saturated heterocycles. The van der Waals surface area contributed by atoms with Crippen molar-refractivity contribution >= 4 is 10.2 Å². The van der Waals surface area contributed by atoms with Gasteiger partial charge in [-0.2, -0.15) is 12.7 Å². The maximum Gasteiger partial charge on any atom is 0.278 e. The summed E-state index contributed by atoms with van der Waals surface area (Å²) in [5.74, 6) is 0. The van der Waals surface area contributed by atoms with Crippen LogP contribution in [0.25, 0.3) is 0 Å². The number of likely N-dealkylation sites (N-methyl/N-ethyl adjacent to an activating group) is 1. The van der Waals surface area contributed by atoms with Gasteiger partial charge >= 0.3 is 0 Å². The Kier molecular flexibility index (Phi) is 5.46. The van der Waals surface area contributed by atoms with E-state index < -0.39 is 10.2 Å². The van der Waals surface area contributed by atoms with E-state index in [1.165, 1.54) is 14.1 Å². The predicted octanol–water partition coefficient (Wildman–Crippen LogP) is -0.620. The van der Waals surface area contributed by atoms with Gasteiger partial charge in [-0.3, -0.25) is 0 Å². The Hall–Kier alpha value is -0.170. The smallest absolute Gasteiger partial charge is 0.278 e. The van der Waals surface area contributed by atoms with Gasteiger partial charge in [-0.05, 0) is 13.5 Å². The third kappa shape index (κ3) is 5.20. The second kappa shape index (κ2) is 5.54. The minimum absolute atomic E-state index is 0.153. The normalized spacial score (nSPS) is 14.8. The molecule has 0 saturated carbocycles. The fraction of sp³-hybridized carbons (Fsp3) is 1.00. The van der Waals surface area contributed by atoms with Gasteiger partial charge in [0.05, 0.1) is 0 Å². The van der Waals surface area contributed by atoms with Crippen molar-refractivity contribution in [1.82, 2.24) is 14.3 Å². The lowest BCUT2D eigenvalue weighted by Gasteiger charge is -2.16. The zero-order valence-corrected chi connectivity index (χ0v) is 9.48. The first-order valence-corrected chi connectivity index (χ1v) is 5.74. The van der Waals surface area contributed by atoms with Gasteiger partial charge in [0.2, 0.25) is 0 Å². The summed E-state index contributed by atoms with van der Waals surface area (Å²) in [6.45, 7) is 5.16. The molecule has 1 atom stereocenters. The van der Waals surface area contributed by atoms with E-state index in [-0.39, 0.29) is 6.04 Å². The summed E-state index contributed by atoms with van der Waals surface area (Å²) < 4.78 is 26.1. The van der Waals surface area contributed by atoms with Gasteiger partial charge in [-0.15, -0.1) is 0 Å². The molecule has 0 aromatic rings. The molecule has 80 valence electrons. The summed E-state index contributed by atoms with van der Waals surface area (Å²) in [6.07, 6.45) is 0. The molecule has 6 heteroatoms. The molecule has 0 bridgehead atoms. The lowest BCUT2D eigenvalue weighted by molar-refractivity contribution is 0.489. The molecule has 0 aliphatic heterocycles. The lowest BCUT2D eigenvalue weighted by atomic mass is 10.3. The van der Waals surface area contributed by atoms with Crippen molar-refractivity contribution in [3.8, 4) is 0 Å². The predicted molar refractivity (Wildman–Crippen MR) is 53.7 cm³/mol. The Bertz CT molecular complexity index is 226. The Labute approximate surface area is 80.7 Å². The molecule has 0 unspecified atom stereocenters. The van der Waals surface area contributed by atoms with Crippen molar-refractivity contribution in [1.29, 1.82) is 0 Å². The van der Waals surface area contributed by atoms with Gasteiger partial charge in [0.15, 0.2) is 0 Å². The highest BCUT2D eigenvalue weighted by Crippen LogP contribution is 1.88. The van der Waals surface area contributed by atoms with Crippen LogP contribution in [0.3, 0.4) is 0 Å². The van der Waals surface area contributed by atoms with E-state index in [1.807, 2.05) is 13.8 Å². The third-order valence-corrected chi connectivity index (χ3v) is 3.10. The zero-order valence-electron chi connectivity index (χ0n) is 8.66. The number of nitrogens with zero attached hydrogens (tertiary/aromatic N) is 1. The molecule has 0 amide bonds. The first kappa shape index (κ1) is 12.8. The van der Waals surface area contributed by atoms with Crippen LogP contribution in [-0.2, 0) is 10.2 Å². The van der Waals surface area contributed by atoms with Crippen molar-refractivity contribution in [3.63, 3.8) is 0 Å². The summed E-state index contributed by atoms with van der Waals surface area (Å²) >= 11 is 0. The van der Waals surface area contributed by atoms with Gasteiger partial charge in [0, 0.05) is 26.7 Å². The molecule has 0 rings (SSSR count). The largest absolute Gasteiger partial charge is 0.313 e. The summed E-state index contributed by atoms with van der Waals surface area (Å²) in [7, 11) is -0.268. The second-order valence-corrected chi connectivity index (χ2v) is 5.06. The molecule has 0 spiro atoms. The summed E-state index contributed by atoms with van der Waals surface area (Å²) in [6, 6.07) is 0.153. The lowest BCUT2D eigenvalue weighted by Crippen LogP contribution is -2.43. The molecule has 0 heterocycles. The van der Waals surface area contributed by atoms with Gasteiger partial charge < -0.3 is 5.32 Å². The highest BCUT2D eigenvalue weighted by molar-refractivity contribution is 7.87. The van der Waals surface area contributed by atoms with Crippen LogP contribution in [0.5, 0.6) is 0 Å². The molecule has 0 aromatic carbocycles. The van der Waals surface area contributed by atoms with E-state index in [4.69, 9.17) is 0 Å². The van der Waals surface area contributed by atoms with Crippen LogP contribution in [0.1, 0.15) is 13.8 Å². The van der Waals surface area contributed by atoms with Crippen LogP contribution < -0.4 is 10.0 Å². The van der Waals surface area contributed by atoms with E-state index >= 15 is 0 Å². The quantitative estimate of drug-likeness (QED) is 0.613. The van der Waals surface area contributed by atoms with Crippen molar-refractivity contribution in [2.75, 3.05) is 27.2 Å². The van der Waals surface area contributed by atoms with Crippen LogP contribution in [0.2, 0.25) is 0 Å². The summed E-state index contributed by atoms with van der Waals surface area (Å²) in [5, 5.41) is 3.11. The monoisotopic (exact) mass is 209 g/mol. The average Bonchev–Trinajstić information content (AvgIpc) is 2.01. The summed E-state index contributed by atoms with van der Waals surface area (Å²) in [4.78, 5) is 0. The van der Waals surface area contributed by atoms with Gasteiger partial charge in [-0.1, -0.05) is 6.92 Å². The SMILES string of the molecule is CCN[C@H](C)CNS(=O)(=O)N(C)C. The van der Waals surface area contributed by atoms with Gasteiger partial charge in [-0.25, -0.2) is 4.72 Å². The molecule has 0 radical (unpaired) electrons. The van der Waals surface area contributed by atoms with Crippen molar-refractivity contribution in [2.24, 2.45) is 0 Å². The van der Waals surface area contributed by atoms with Crippen molar-refractivity contribution in [3.05, 3.63) is 0 Å². The van der Waals surface area contributed by atoms with E-state index in [1.54, 1.807) is 0 Å². The number of rotatable bonds is 6. The molecule has 5 nitrogen and oxygen atoms in total. The Morgan fingerprint density at radius 2 is 1.92 bits per heavy atom. The van der Waals surface area contributed by atoms with E-state index in [2.05, 4.69) is 10.0 Å². The van der Waals surface area contributed by atoms with Crippen LogP contribution in [0.15, 0.2) is 0 Å². The summed E-state index contributed by atoms with van der Waals surface area (Å²) in [5.41, 5.74) is 0. The van der Waals surface area contributed by atoms with E-state index in [0.717, 1.165) is 10.8 Å². The van der Waals surface area contributed by atoms with E-state index in [9.17, 15) is 8.42 Å². The van der Waals surface area contributed by atoms with Gasteiger partial charge in [0.1, 0.15) is 0 Å². The van der Waals surface area contributed by atoms with Crippen LogP contribution in [-0.4, -0.2) is 45.9 Å². The standard InChI is InChI=1S/C7H19N3O2S/c1-5-8-7(2)6-9-13(11,12)10(3)4/h7-9H,5-6H2,1-4H3/t7-/m1/s1. The third-order valence-electron chi connectivity index (χ3n) is 1.61. The second-order valence-electron chi connectivity index (χ2n) is 3.09.